The van der Waals surface area contributed by atoms with E-state index in [2.05, 4.69) is 20.6 Å². The van der Waals surface area contributed by atoms with E-state index in [4.69, 9.17) is 21.0 Å². The number of hydrogen-bond acceptors (Lipinski definition) is 8. The van der Waals surface area contributed by atoms with Gasteiger partial charge in [0.05, 0.1) is 0 Å². The minimum atomic E-state index is -0.0861. The first kappa shape index (κ1) is 17.9. The van der Waals surface area contributed by atoms with Gasteiger partial charge in [-0.25, -0.2) is 9.98 Å². The summed E-state index contributed by atoms with van der Waals surface area (Å²) in [7, 11) is 0. The van der Waals surface area contributed by atoms with Crippen LogP contribution in [0.3, 0.4) is 0 Å². The lowest BCUT2D eigenvalue weighted by Gasteiger charge is -2.03. The van der Waals surface area contributed by atoms with Gasteiger partial charge in [-0.2, -0.15) is 21.0 Å². The zero-order valence-corrected chi connectivity index (χ0v) is 13.0. The molecule has 0 atom stereocenters. The molecule has 1 rings (SSSR count). The van der Waals surface area contributed by atoms with E-state index >= 15 is 0 Å². The molecule has 1 aliphatic rings. The molecule has 24 heavy (non-hydrogen) atoms. The molecular formula is C16H12N8. The zero-order valence-electron chi connectivity index (χ0n) is 13.0. The Hall–Kier alpha value is -4.14. The largest absolute Gasteiger partial charge is 0.350 e. The highest BCUT2D eigenvalue weighted by Gasteiger charge is 2.05. The SMILES string of the molecule is CC1=C/N\C(C#N)=C(C#N)/N=C/C(C)=C\N\C(C#N)=C(C#N)/N=C\1. The Bertz CT molecular complexity index is 793. The Morgan fingerprint density at radius 3 is 1.38 bits per heavy atom. The smallest absolute Gasteiger partial charge is 0.174 e. The van der Waals surface area contributed by atoms with Crippen molar-refractivity contribution in [3.05, 3.63) is 46.3 Å². The van der Waals surface area contributed by atoms with Crippen LogP contribution in [0.25, 0.3) is 0 Å². The van der Waals surface area contributed by atoms with Gasteiger partial charge in [0.25, 0.3) is 0 Å². The molecule has 0 aromatic carbocycles. The highest BCUT2D eigenvalue weighted by molar-refractivity contribution is 5.80. The van der Waals surface area contributed by atoms with Crippen LogP contribution < -0.4 is 10.6 Å². The third-order valence-electron chi connectivity index (χ3n) is 2.59. The fourth-order valence-corrected chi connectivity index (χ4v) is 1.39. The molecule has 0 saturated heterocycles. The summed E-state index contributed by atoms with van der Waals surface area (Å²) >= 11 is 0. The number of nitrogens with one attached hydrogen (secondary N) is 2. The molecule has 0 aromatic rings. The predicted molar refractivity (Wildman–Crippen MR) is 87.3 cm³/mol. The topological polar surface area (TPSA) is 144 Å². The maximum atomic E-state index is 9.13. The van der Waals surface area contributed by atoms with Crippen molar-refractivity contribution in [2.45, 2.75) is 13.8 Å². The summed E-state index contributed by atoms with van der Waals surface area (Å²) in [4.78, 5) is 7.90. The Balaban J connectivity index is 3.48. The van der Waals surface area contributed by atoms with Crippen LogP contribution in [0.15, 0.2) is 56.3 Å². The molecule has 0 saturated carbocycles. The minimum absolute atomic E-state index is 0.0203. The van der Waals surface area contributed by atoms with Crippen molar-refractivity contribution in [2.75, 3.05) is 0 Å². The van der Waals surface area contributed by atoms with Gasteiger partial charge in [-0.15, -0.1) is 0 Å². The van der Waals surface area contributed by atoms with E-state index in [1.807, 2.05) is 24.3 Å². The summed E-state index contributed by atoms with van der Waals surface area (Å²) in [5.41, 5.74) is 0.922. The molecule has 2 N–H and O–H groups in total. The molecule has 0 amide bonds. The van der Waals surface area contributed by atoms with Gasteiger partial charge < -0.3 is 10.6 Å². The van der Waals surface area contributed by atoms with E-state index in [0.29, 0.717) is 11.1 Å². The fraction of sp³-hybridized carbons (Fsp3) is 0.125. The number of allylic oxidation sites excluding steroid dienone is 6. The molecule has 0 bridgehead atoms. The van der Waals surface area contributed by atoms with Crippen molar-refractivity contribution < 1.29 is 0 Å². The van der Waals surface area contributed by atoms with Crippen LogP contribution in [-0.4, -0.2) is 12.4 Å². The Kier molecular flexibility index (Phi) is 6.71. The third kappa shape index (κ3) is 5.00. The molecule has 1 heterocycles. The van der Waals surface area contributed by atoms with E-state index in [1.165, 1.54) is 24.8 Å². The molecule has 8 nitrogen and oxygen atoms in total. The predicted octanol–water partition coefficient (Wildman–Crippen LogP) is 1.65. The molecule has 0 radical (unpaired) electrons. The average molecular weight is 316 g/mol. The third-order valence-corrected chi connectivity index (χ3v) is 2.59. The highest BCUT2D eigenvalue weighted by Crippen LogP contribution is 2.06. The van der Waals surface area contributed by atoms with Gasteiger partial charge in [0.15, 0.2) is 22.8 Å². The monoisotopic (exact) mass is 316 g/mol. The number of rotatable bonds is 0. The van der Waals surface area contributed by atoms with Crippen molar-refractivity contribution in [1.29, 1.82) is 21.0 Å². The Morgan fingerprint density at radius 1 is 0.708 bits per heavy atom. The van der Waals surface area contributed by atoms with Gasteiger partial charge in [-0.3, -0.25) is 0 Å². The fourth-order valence-electron chi connectivity index (χ4n) is 1.39. The van der Waals surface area contributed by atoms with E-state index < -0.39 is 0 Å². The van der Waals surface area contributed by atoms with Gasteiger partial charge >= 0.3 is 0 Å². The zero-order chi connectivity index (χ0) is 17.9. The summed E-state index contributed by atoms with van der Waals surface area (Å²) in [5, 5.41) is 41.8. The van der Waals surface area contributed by atoms with Crippen LogP contribution in [0.5, 0.6) is 0 Å². The van der Waals surface area contributed by atoms with Crippen LogP contribution >= 0.6 is 0 Å². The molecule has 0 aliphatic carbocycles. The standard InChI is InChI=1S/C16H12N8/c1-11-7-21-13(3-17)15(5-19)23-9-12(2)10-24-16(6-20)14(4-18)22-8-11/h7-10,21,24H,1-2H3/b11-7-,12-10-,15-13-,16-14-,22-8-,23-9+. The van der Waals surface area contributed by atoms with Gasteiger partial charge in [-0.1, -0.05) is 0 Å². The van der Waals surface area contributed by atoms with Crippen molar-refractivity contribution in [3.63, 3.8) is 0 Å². The molecule has 0 unspecified atom stereocenters. The molecule has 0 aromatic heterocycles. The molecule has 8 heteroatoms. The van der Waals surface area contributed by atoms with Gasteiger partial charge in [0.1, 0.15) is 24.3 Å². The molecular weight excluding hydrogens is 304 g/mol. The van der Waals surface area contributed by atoms with Gasteiger partial charge in [0, 0.05) is 24.8 Å². The average Bonchev–Trinajstić information content (AvgIpc) is 2.59. The summed E-state index contributed by atoms with van der Waals surface area (Å²) < 4.78 is 0. The van der Waals surface area contributed by atoms with Crippen LogP contribution in [-0.2, 0) is 0 Å². The number of nitrogens with zero attached hydrogens (tertiary/aromatic N) is 6. The summed E-state index contributed by atoms with van der Waals surface area (Å²) in [6, 6.07) is 7.40. The van der Waals surface area contributed by atoms with E-state index in [1.54, 1.807) is 13.8 Å². The lowest BCUT2D eigenvalue weighted by atomic mass is 10.3. The van der Waals surface area contributed by atoms with Crippen LogP contribution in [0.4, 0.5) is 0 Å². The van der Waals surface area contributed by atoms with Crippen molar-refractivity contribution in [2.24, 2.45) is 9.98 Å². The number of hydrogen-bond donors (Lipinski definition) is 2. The molecule has 0 spiro atoms. The van der Waals surface area contributed by atoms with Crippen LogP contribution in [0, 0.1) is 45.3 Å². The number of aliphatic imine (C=N–C) groups is 2. The van der Waals surface area contributed by atoms with Crippen LogP contribution in [0.1, 0.15) is 13.8 Å². The lowest BCUT2D eigenvalue weighted by molar-refractivity contribution is 1.06. The van der Waals surface area contributed by atoms with Crippen molar-refractivity contribution >= 4 is 12.4 Å². The highest BCUT2D eigenvalue weighted by atomic mass is 14.9. The first-order valence-electron chi connectivity index (χ1n) is 6.59. The summed E-state index contributed by atoms with van der Waals surface area (Å²) in [5.74, 6) is 0. The maximum absolute atomic E-state index is 9.13. The second-order valence-corrected chi connectivity index (χ2v) is 4.48. The minimum Gasteiger partial charge on any atom is -0.350 e. The Morgan fingerprint density at radius 2 is 1.08 bits per heavy atom. The lowest BCUT2D eigenvalue weighted by Crippen LogP contribution is -2.09. The first-order chi connectivity index (χ1) is 11.5. The first-order valence-corrected chi connectivity index (χ1v) is 6.59. The van der Waals surface area contributed by atoms with Gasteiger partial charge in [0.2, 0.25) is 0 Å². The molecule has 0 fully saturated rings. The second-order valence-electron chi connectivity index (χ2n) is 4.48. The quantitative estimate of drug-likeness (QED) is 0.695. The summed E-state index contributed by atoms with van der Waals surface area (Å²) in [6.07, 6.45) is 5.60. The van der Waals surface area contributed by atoms with E-state index in [9.17, 15) is 0 Å². The Labute approximate surface area is 139 Å². The second kappa shape index (κ2) is 9.00. The molecule has 1 aliphatic heterocycles. The molecule has 116 valence electrons. The number of nitriles is 4. The van der Waals surface area contributed by atoms with Crippen molar-refractivity contribution in [1.82, 2.24) is 10.6 Å². The van der Waals surface area contributed by atoms with E-state index in [-0.39, 0.29) is 22.8 Å². The summed E-state index contributed by atoms with van der Waals surface area (Å²) in [6.45, 7) is 3.34. The maximum Gasteiger partial charge on any atom is 0.174 e. The normalized spacial score (nSPS) is 28.4. The van der Waals surface area contributed by atoms with Gasteiger partial charge in [-0.05, 0) is 25.0 Å². The van der Waals surface area contributed by atoms with Crippen LogP contribution in [0.2, 0.25) is 0 Å². The van der Waals surface area contributed by atoms with E-state index in [0.717, 1.165) is 0 Å². The van der Waals surface area contributed by atoms with Crippen molar-refractivity contribution in [3.8, 4) is 24.3 Å².